The monoisotopic (exact) mass is 437 g/mol. The van der Waals surface area contributed by atoms with Crippen LogP contribution in [0.3, 0.4) is 0 Å². The minimum atomic E-state index is -4.67. The third-order valence-corrected chi connectivity index (χ3v) is 5.39. The predicted molar refractivity (Wildman–Crippen MR) is 91.9 cm³/mol. The van der Waals surface area contributed by atoms with Crippen molar-refractivity contribution in [3.8, 4) is 5.75 Å². The second kappa shape index (κ2) is 8.62. The van der Waals surface area contributed by atoms with Crippen molar-refractivity contribution in [2.75, 3.05) is 13.2 Å². The van der Waals surface area contributed by atoms with E-state index in [1.165, 1.54) is 0 Å². The molecule has 0 aliphatic carbocycles. The van der Waals surface area contributed by atoms with Crippen LogP contribution in [0, 0.1) is 11.6 Å². The van der Waals surface area contributed by atoms with E-state index < -0.39 is 41.0 Å². The normalized spacial score (nSPS) is 16.9. The Morgan fingerprint density at radius 3 is 2.55 bits per heavy atom. The van der Waals surface area contributed by atoms with Crippen LogP contribution in [0.1, 0.15) is 40.5 Å². The molecule has 0 radical (unpaired) electrons. The van der Waals surface area contributed by atoms with Gasteiger partial charge in [-0.1, -0.05) is 0 Å². The van der Waals surface area contributed by atoms with E-state index in [9.17, 15) is 26.7 Å². The molecule has 5 nitrogen and oxygen atoms in total. The SMILES string of the molecule is O=C(O)CCc1cc(F)c(OCc2c(C3CCOC3)nsc2C(F)(F)F)c(F)c1. The number of nitrogens with zero attached hydrogens (tertiary/aromatic N) is 1. The van der Waals surface area contributed by atoms with Gasteiger partial charge in [-0.25, -0.2) is 8.78 Å². The maximum atomic E-state index is 14.2. The lowest BCUT2D eigenvalue weighted by molar-refractivity contribution is -0.137. The Bertz CT molecular complexity index is 870. The van der Waals surface area contributed by atoms with E-state index in [1.807, 2.05) is 0 Å². The number of hydrogen-bond acceptors (Lipinski definition) is 5. The van der Waals surface area contributed by atoms with Gasteiger partial charge >= 0.3 is 12.1 Å². The third kappa shape index (κ3) is 5.02. The summed E-state index contributed by atoms with van der Waals surface area (Å²) in [7, 11) is 0. The zero-order chi connectivity index (χ0) is 21.2. The first-order valence-corrected chi connectivity index (χ1v) is 9.40. The number of carboxylic acid groups (broad SMARTS) is 1. The minimum absolute atomic E-state index is 0.0953. The summed E-state index contributed by atoms with van der Waals surface area (Å²) in [5, 5.41) is 8.65. The molecule has 158 valence electrons. The molecular weight excluding hydrogens is 421 g/mol. The van der Waals surface area contributed by atoms with Gasteiger partial charge in [0.1, 0.15) is 11.5 Å². The number of hydrogen-bond donors (Lipinski definition) is 1. The summed E-state index contributed by atoms with van der Waals surface area (Å²) in [5.74, 6) is -4.52. The van der Waals surface area contributed by atoms with Crippen molar-refractivity contribution in [1.29, 1.82) is 0 Å². The van der Waals surface area contributed by atoms with E-state index in [2.05, 4.69) is 4.37 Å². The number of halogens is 5. The number of alkyl halides is 3. The summed E-state index contributed by atoms with van der Waals surface area (Å²) in [5.41, 5.74) is 0.0113. The Morgan fingerprint density at radius 1 is 1.31 bits per heavy atom. The molecule has 0 spiro atoms. The fourth-order valence-corrected chi connectivity index (χ4v) is 3.87. The highest BCUT2D eigenvalue weighted by Crippen LogP contribution is 2.40. The second-order valence-corrected chi connectivity index (χ2v) is 7.28. The Balaban J connectivity index is 1.84. The van der Waals surface area contributed by atoms with Crippen LogP contribution in [0.5, 0.6) is 5.75 Å². The molecule has 0 amide bonds. The molecule has 2 aromatic rings. The fraction of sp³-hybridized carbons (Fsp3) is 0.444. The molecule has 29 heavy (non-hydrogen) atoms. The van der Waals surface area contributed by atoms with Gasteiger partial charge in [-0.3, -0.25) is 4.79 Å². The van der Waals surface area contributed by atoms with Crippen LogP contribution >= 0.6 is 11.5 Å². The number of rotatable bonds is 7. The number of carbonyl (C=O) groups is 1. The number of ether oxygens (including phenoxy) is 2. The first-order chi connectivity index (χ1) is 13.7. The standard InChI is InChI=1S/C18H16F5NO4S/c19-12-5-9(1-2-14(25)26)6-13(20)16(12)28-8-11-15(10-3-4-27-7-10)24-29-17(11)18(21,22)23/h5-6,10H,1-4,7-8H2,(H,25,26). The summed E-state index contributed by atoms with van der Waals surface area (Å²) in [6, 6.07) is 1.81. The molecule has 1 saturated heterocycles. The molecule has 1 aromatic heterocycles. The lowest BCUT2D eigenvalue weighted by Gasteiger charge is -2.14. The Kier molecular flexibility index (Phi) is 6.37. The van der Waals surface area contributed by atoms with Gasteiger partial charge in [-0.05, 0) is 42.1 Å². The zero-order valence-electron chi connectivity index (χ0n) is 14.9. The number of aryl methyl sites for hydroxylation is 1. The molecule has 11 heteroatoms. The van der Waals surface area contributed by atoms with Gasteiger partial charge in [0.05, 0.1) is 12.3 Å². The minimum Gasteiger partial charge on any atom is -0.483 e. The van der Waals surface area contributed by atoms with Gasteiger partial charge in [0.2, 0.25) is 0 Å². The molecule has 1 N–H and O–H groups in total. The summed E-state index contributed by atoms with van der Waals surface area (Å²) in [4.78, 5) is 9.61. The predicted octanol–water partition coefficient (Wildman–Crippen LogP) is 4.54. The molecule has 0 saturated carbocycles. The van der Waals surface area contributed by atoms with Crippen LogP contribution in [0.25, 0.3) is 0 Å². The van der Waals surface area contributed by atoms with Gasteiger partial charge in [0.25, 0.3) is 0 Å². The lowest BCUT2D eigenvalue weighted by Crippen LogP contribution is -2.12. The molecule has 1 aromatic carbocycles. The van der Waals surface area contributed by atoms with Crippen LogP contribution in [0.4, 0.5) is 22.0 Å². The van der Waals surface area contributed by atoms with Crippen molar-refractivity contribution in [2.24, 2.45) is 0 Å². The second-order valence-electron chi connectivity index (χ2n) is 6.50. The highest BCUT2D eigenvalue weighted by Gasteiger charge is 2.39. The topological polar surface area (TPSA) is 68.7 Å². The van der Waals surface area contributed by atoms with Crippen LogP contribution in [-0.2, 0) is 28.7 Å². The van der Waals surface area contributed by atoms with Crippen LogP contribution in [0.15, 0.2) is 12.1 Å². The van der Waals surface area contributed by atoms with E-state index in [0.29, 0.717) is 13.0 Å². The highest BCUT2D eigenvalue weighted by molar-refractivity contribution is 7.06. The zero-order valence-corrected chi connectivity index (χ0v) is 15.7. The number of aliphatic carboxylic acids is 1. The van der Waals surface area contributed by atoms with Gasteiger partial charge in [0, 0.05) is 24.5 Å². The Morgan fingerprint density at radius 2 is 2.00 bits per heavy atom. The molecule has 1 aliphatic heterocycles. The fourth-order valence-electron chi connectivity index (χ4n) is 3.04. The molecule has 0 bridgehead atoms. The van der Waals surface area contributed by atoms with E-state index >= 15 is 0 Å². The molecule has 3 rings (SSSR count). The summed E-state index contributed by atoms with van der Waals surface area (Å²) >= 11 is 0.272. The molecule has 2 heterocycles. The van der Waals surface area contributed by atoms with E-state index in [1.54, 1.807) is 0 Å². The number of benzene rings is 1. The van der Waals surface area contributed by atoms with E-state index in [4.69, 9.17) is 14.6 Å². The summed E-state index contributed by atoms with van der Waals surface area (Å²) in [6.45, 7) is -0.0978. The first-order valence-electron chi connectivity index (χ1n) is 8.62. The summed E-state index contributed by atoms with van der Waals surface area (Å²) in [6.07, 6.45) is -4.59. The number of aromatic nitrogens is 1. The van der Waals surface area contributed by atoms with Crippen LogP contribution in [0.2, 0.25) is 0 Å². The largest absolute Gasteiger partial charge is 0.483 e. The summed E-state index contributed by atoms with van der Waals surface area (Å²) < 4.78 is 82.6. The third-order valence-electron chi connectivity index (χ3n) is 4.44. The molecule has 1 unspecified atom stereocenters. The molecule has 1 fully saturated rings. The quantitative estimate of drug-likeness (QED) is 0.645. The smallest absolute Gasteiger partial charge is 0.427 e. The first kappa shape index (κ1) is 21.4. The molecule has 1 atom stereocenters. The highest BCUT2D eigenvalue weighted by atomic mass is 32.1. The van der Waals surface area contributed by atoms with Crippen molar-refractivity contribution < 1.29 is 41.3 Å². The van der Waals surface area contributed by atoms with Gasteiger partial charge < -0.3 is 14.6 Å². The van der Waals surface area contributed by atoms with Crippen LogP contribution < -0.4 is 4.74 Å². The average Bonchev–Trinajstić information content (AvgIpc) is 3.27. The van der Waals surface area contributed by atoms with Gasteiger partial charge in [-0.15, -0.1) is 0 Å². The van der Waals surface area contributed by atoms with Gasteiger partial charge in [-0.2, -0.15) is 17.5 Å². The lowest BCUT2D eigenvalue weighted by atomic mass is 10.00. The molecule has 1 aliphatic rings. The Labute approximate surface area is 166 Å². The maximum absolute atomic E-state index is 14.2. The van der Waals surface area contributed by atoms with Crippen molar-refractivity contribution in [2.45, 2.75) is 38.0 Å². The van der Waals surface area contributed by atoms with Gasteiger partial charge in [0.15, 0.2) is 17.4 Å². The van der Waals surface area contributed by atoms with Crippen molar-refractivity contribution in [3.63, 3.8) is 0 Å². The van der Waals surface area contributed by atoms with Crippen molar-refractivity contribution >= 4 is 17.5 Å². The van der Waals surface area contributed by atoms with Crippen LogP contribution in [-0.4, -0.2) is 28.7 Å². The Hall–Kier alpha value is -2.27. The average molecular weight is 437 g/mol. The van der Waals surface area contributed by atoms with Crippen molar-refractivity contribution in [1.82, 2.24) is 4.37 Å². The molecular formula is C18H16F5NO4S. The number of carboxylic acids is 1. The maximum Gasteiger partial charge on any atom is 0.427 e. The van der Waals surface area contributed by atoms with E-state index in [0.717, 1.165) is 12.1 Å². The van der Waals surface area contributed by atoms with Crippen molar-refractivity contribution in [3.05, 3.63) is 45.5 Å². The van der Waals surface area contributed by atoms with E-state index in [-0.39, 0.29) is 53.7 Å².